The fourth-order valence-electron chi connectivity index (χ4n) is 9.61. The molecular formula is C66H42S6. The molecule has 0 radical (unpaired) electrons. The van der Waals surface area contributed by atoms with Crippen molar-refractivity contribution in [3.8, 4) is 125 Å². The molecule has 13 rings (SSSR count). The van der Waals surface area contributed by atoms with Gasteiger partial charge < -0.3 is 0 Å². The van der Waals surface area contributed by atoms with Crippen LogP contribution in [-0.4, -0.2) is 0 Å². The molecule has 0 unspecified atom stereocenters. The summed E-state index contributed by atoms with van der Waals surface area (Å²) in [7, 11) is 0. The van der Waals surface area contributed by atoms with Crippen molar-refractivity contribution in [1.29, 1.82) is 0 Å². The maximum Gasteiger partial charge on any atom is 0.0362 e. The van der Waals surface area contributed by atoms with E-state index in [1.165, 1.54) is 125 Å². The third kappa shape index (κ3) is 8.60. The van der Waals surface area contributed by atoms with Crippen molar-refractivity contribution in [3.05, 3.63) is 255 Å². The van der Waals surface area contributed by atoms with Crippen molar-refractivity contribution in [2.75, 3.05) is 0 Å². The Morgan fingerprint density at radius 1 is 0.125 bits per heavy atom. The van der Waals surface area contributed by atoms with Crippen LogP contribution in [0, 0.1) is 0 Å². The molecule has 0 atom stereocenters. The van der Waals surface area contributed by atoms with Crippen molar-refractivity contribution in [2.45, 2.75) is 0 Å². The van der Waals surface area contributed by atoms with E-state index in [4.69, 9.17) is 0 Å². The van der Waals surface area contributed by atoms with Crippen molar-refractivity contribution in [3.63, 3.8) is 0 Å². The van der Waals surface area contributed by atoms with E-state index >= 15 is 0 Å². The molecule has 7 aromatic carbocycles. The van der Waals surface area contributed by atoms with E-state index in [-0.39, 0.29) is 0 Å². The number of hydrogen-bond acceptors (Lipinski definition) is 6. The van der Waals surface area contributed by atoms with Gasteiger partial charge in [-0.25, -0.2) is 0 Å². The van der Waals surface area contributed by atoms with E-state index < -0.39 is 0 Å². The van der Waals surface area contributed by atoms with Gasteiger partial charge in [-0.15, -0.1) is 68.0 Å². The molecule has 6 heterocycles. The highest BCUT2D eigenvalue weighted by atomic mass is 32.1. The molecule has 0 N–H and O–H groups in total. The average Bonchev–Trinajstić information content (AvgIpc) is 4.33. The molecule has 0 aliphatic heterocycles. The second kappa shape index (κ2) is 19.7. The van der Waals surface area contributed by atoms with Crippen LogP contribution in [0.3, 0.4) is 0 Å². The molecule has 0 saturated carbocycles. The monoisotopic (exact) mass is 1030 g/mol. The molecule has 6 heteroatoms. The minimum Gasteiger partial charge on any atom is -0.135 e. The predicted octanol–water partition coefficient (Wildman–Crippen LogP) is 22.1. The standard InChI is InChI=1S/C66H42S6/c1-7-19-43(20-8-1)49-31-37-55(67-49)61-62(56-38-32-50(68-56)44-21-9-2-10-22-44)64(58-40-34-52(70-58)46-25-13-4-14-26-46)66(60-42-36-54(72-60)48-29-17-6-18-30-48)65(59-41-35-53(71-59)47-27-15-5-16-28-47)63(61)57-39-33-51(69-57)45-23-11-3-12-24-45/h1-42H. The van der Waals surface area contributed by atoms with E-state index in [2.05, 4.69) is 255 Å². The van der Waals surface area contributed by atoms with Crippen LogP contribution < -0.4 is 0 Å². The van der Waals surface area contributed by atoms with Gasteiger partial charge in [-0.2, -0.15) is 0 Å². The lowest BCUT2D eigenvalue weighted by molar-refractivity contribution is 1.65. The Morgan fingerprint density at radius 3 is 0.389 bits per heavy atom. The van der Waals surface area contributed by atoms with Gasteiger partial charge in [0.1, 0.15) is 0 Å². The Kier molecular flexibility index (Phi) is 12.2. The Bertz CT molecular complexity index is 3250. The van der Waals surface area contributed by atoms with Crippen LogP contribution in [0.15, 0.2) is 255 Å². The van der Waals surface area contributed by atoms with Gasteiger partial charge in [0.2, 0.25) is 0 Å². The molecule has 0 bridgehead atoms. The molecule has 0 spiro atoms. The summed E-state index contributed by atoms with van der Waals surface area (Å²) in [4.78, 5) is 14.9. The van der Waals surface area contributed by atoms with E-state index in [0.29, 0.717) is 0 Å². The first-order valence-corrected chi connectivity index (χ1v) is 28.8. The molecule has 0 amide bonds. The first-order chi connectivity index (χ1) is 35.7. The van der Waals surface area contributed by atoms with Gasteiger partial charge in [0.15, 0.2) is 0 Å². The first-order valence-electron chi connectivity index (χ1n) is 23.9. The highest BCUT2D eigenvalue weighted by Crippen LogP contribution is 2.61. The summed E-state index contributed by atoms with van der Waals surface area (Å²) in [6.07, 6.45) is 0. The van der Waals surface area contributed by atoms with Gasteiger partial charge in [-0.3, -0.25) is 0 Å². The highest BCUT2D eigenvalue weighted by Gasteiger charge is 2.33. The molecule has 0 fully saturated rings. The zero-order valence-electron chi connectivity index (χ0n) is 38.7. The van der Waals surface area contributed by atoms with Crippen molar-refractivity contribution < 1.29 is 0 Å². The number of hydrogen-bond donors (Lipinski definition) is 0. The van der Waals surface area contributed by atoms with E-state index in [1.54, 1.807) is 0 Å². The van der Waals surface area contributed by atoms with Gasteiger partial charge >= 0.3 is 0 Å². The fourth-order valence-corrected chi connectivity index (χ4v) is 16.0. The van der Waals surface area contributed by atoms with Crippen LogP contribution in [-0.2, 0) is 0 Å². The number of thiophene rings is 6. The molecule has 72 heavy (non-hydrogen) atoms. The third-order valence-corrected chi connectivity index (χ3v) is 19.9. The van der Waals surface area contributed by atoms with Crippen LogP contribution in [0.1, 0.15) is 0 Å². The van der Waals surface area contributed by atoms with Gasteiger partial charge in [-0.1, -0.05) is 182 Å². The maximum atomic E-state index is 2.40. The van der Waals surface area contributed by atoms with Gasteiger partial charge in [0.05, 0.1) is 0 Å². The second-order valence-electron chi connectivity index (χ2n) is 17.4. The molecule has 13 aromatic rings. The summed E-state index contributed by atoms with van der Waals surface area (Å²) in [6.45, 7) is 0. The molecular weight excluding hydrogens is 985 g/mol. The summed E-state index contributed by atoms with van der Waals surface area (Å²) >= 11 is 11.4. The summed E-state index contributed by atoms with van der Waals surface area (Å²) < 4.78 is 0. The minimum absolute atomic E-state index is 1.22. The van der Waals surface area contributed by atoms with Crippen LogP contribution >= 0.6 is 68.0 Å². The lowest BCUT2D eigenvalue weighted by Crippen LogP contribution is -1.98. The van der Waals surface area contributed by atoms with Crippen LogP contribution in [0.2, 0.25) is 0 Å². The second-order valence-corrected chi connectivity index (χ2v) is 23.9. The van der Waals surface area contributed by atoms with Gasteiger partial charge in [0, 0.05) is 91.9 Å². The summed E-state index contributed by atoms with van der Waals surface area (Å²) in [5, 5.41) is 0. The first kappa shape index (κ1) is 44.7. The quantitative estimate of drug-likeness (QED) is 0.114. The Hall–Kier alpha value is -7.26. The molecule has 0 nitrogen and oxygen atoms in total. The largest absolute Gasteiger partial charge is 0.135 e. The Morgan fingerprint density at radius 2 is 0.250 bits per heavy atom. The molecule has 6 aromatic heterocycles. The Labute approximate surface area is 444 Å². The smallest absolute Gasteiger partial charge is 0.0362 e. The summed E-state index contributed by atoms with van der Waals surface area (Å²) in [6, 6.07) is 93.7. The van der Waals surface area contributed by atoms with Crippen molar-refractivity contribution >= 4 is 68.0 Å². The lowest BCUT2D eigenvalue weighted by Gasteiger charge is -2.25. The number of benzene rings is 7. The van der Waals surface area contributed by atoms with Crippen molar-refractivity contribution in [2.24, 2.45) is 0 Å². The lowest BCUT2D eigenvalue weighted by atomic mass is 9.82. The fraction of sp³-hybridized carbons (Fsp3) is 0. The van der Waals surface area contributed by atoms with E-state index in [1.807, 2.05) is 68.0 Å². The maximum absolute atomic E-state index is 2.40. The van der Waals surface area contributed by atoms with Crippen LogP contribution in [0.5, 0.6) is 0 Å². The van der Waals surface area contributed by atoms with Gasteiger partial charge in [-0.05, 0) is 106 Å². The predicted molar refractivity (Wildman–Crippen MR) is 319 cm³/mol. The average molecular weight is 1030 g/mol. The zero-order valence-corrected chi connectivity index (χ0v) is 43.6. The molecule has 0 saturated heterocycles. The van der Waals surface area contributed by atoms with E-state index in [9.17, 15) is 0 Å². The minimum atomic E-state index is 1.22. The third-order valence-electron chi connectivity index (χ3n) is 13.0. The molecule has 0 aliphatic rings. The normalized spacial score (nSPS) is 11.3. The summed E-state index contributed by atoms with van der Waals surface area (Å²) in [5.74, 6) is 0. The SMILES string of the molecule is c1ccc(-c2ccc(-c3c(-c4ccc(-c5ccccc5)s4)c(-c4ccc(-c5ccccc5)s4)c(-c4ccc(-c5ccccc5)s4)c(-c4ccc(-c5ccccc5)s4)c3-c3ccc(-c4ccccc4)s3)s2)cc1. The van der Waals surface area contributed by atoms with Gasteiger partial charge in [0.25, 0.3) is 0 Å². The van der Waals surface area contributed by atoms with Crippen LogP contribution in [0.4, 0.5) is 0 Å². The molecule has 0 aliphatic carbocycles. The Balaban J connectivity index is 1.22. The topological polar surface area (TPSA) is 0 Å². The van der Waals surface area contributed by atoms with Crippen LogP contribution in [0.25, 0.3) is 125 Å². The van der Waals surface area contributed by atoms with Crippen molar-refractivity contribution in [1.82, 2.24) is 0 Å². The highest BCUT2D eigenvalue weighted by molar-refractivity contribution is 7.22. The number of rotatable bonds is 12. The summed E-state index contributed by atoms with van der Waals surface area (Å²) in [5.41, 5.74) is 14.9. The van der Waals surface area contributed by atoms with E-state index in [0.717, 1.165) is 0 Å². The zero-order chi connectivity index (χ0) is 47.8. The molecule has 342 valence electrons.